The zero-order chi connectivity index (χ0) is 14.8. The molecule has 21 heavy (non-hydrogen) atoms. The summed E-state index contributed by atoms with van der Waals surface area (Å²) in [7, 11) is -1.19. The second-order valence-electron chi connectivity index (χ2n) is 5.19. The Hall–Kier alpha value is -2.01. The normalized spacial score (nSPS) is 12.9. The van der Waals surface area contributed by atoms with E-state index in [1.165, 1.54) is 0 Å². The molecule has 0 unspecified atom stereocenters. The Morgan fingerprint density at radius 2 is 1.86 bits per heavy atom. The number of hydrogen-bond donors (Lipinski definition) is 0. The van der Waals surface area contributed by atoms with Crippen LogP contribution < -0.4 is 0 Å². The highest BCUT2D eigenvalue weighted by Crippen LogP contribution is 2.20. The molecule has 2 aromatic carbocycles. The Bertz CT molecular complexity index is 796. The molecule has 108 valence electrons. The van der Waals surface area contributed by atoms with Gasteiger partial charge >= 0.3 is 0 Å². The first-order valence-electron chi connectivity index (χ1n) is 6.83. The van der Waals surface area contributed by atoms with Crippen LogP contribution in [0.25, 0.3) is 10.8 Å². The van der Waals surface area contributed by atoms with Crippen LogP contribution in [0.4, 0.5) is 0 Å². The standard InChI is InChI=1S/C16H16N2O2S/c1-11(2)16-18-17-15(20-16)10-21(19)14-8-7-12-5-3-4-6-13(12)9-14/h3-9,11H,10H2,1-2H3/t21-/m1/s1. The van der Waals surface area contributed by atoms with Crippen molar-refractivity contribution in [2.24, 2.45) is 0 Å². The van der Waals surface area contributed by atoms with E-state index in [4.69, 9.17) is 4.42 Å². The second-order valence-corrected chi connectivity index (χ2v) is 6.64. The zero-order valence-corrected chi connectivity index (χ0v) is 12.8. The molecule has 1 heterocycles. The van der Waals surface area contributed by atoms with Crippen LogP contribution >= 0.6 is 0 Å². The van der Waals surface area contributed by atoms with Gasteiger partial charge in [0.2, 0.25) is 11.8 Å². The quantitative estimate of drug-likeness (QED) is 0.738. The van der Waals surface area contributed by atoms with Gasteiger partial charge in [-0.25, -0.2) is 0 Å². The lowest BCUT2D eigenvalue weighted by atomic mass is 10.1. The van der Waals surface area contributed by atoms with Gasteiger partial charge in [-0.15, -0.1) is 10.2 Å². The molecular weight excluding hydrogens is 284 g/mol. The van der Waals surface area contributed by atoms with Gasteiger partial charge in [-0.3, -0.25) is 4.21 Å². The molecule has 1 aromatic heterocycles. The lowest BCUT2D eigenvalue weighted by Crippen LogP contribution is -1.97. The van der Waals surface area contributed by atoms with Crippen LogP contribution in [0, 0.1) is 0 Å². The first-order valence-corrected chi connectivity index (χ1v) is 8.15. The molecular formula is C16H16N2O2S. The molecule has 0 N–H and O–H groups in total. The third-order valence-electron chi connectivity index (χ3n) is 3.21. The molecule has 0 radical (unpaired) electrons. The van der Waals surface area contributed by atoms with Gasteiger partial charge in [-0.2, -0.15) is 0 Å². The summed E-state index contributed by atoms with van der Waals surface area (Å²) in [6.45, 7) is 3.97. The van der Waals surface area contributed by atoms with Crippen LogP contribution in [-0.4, -0.2) is 14.4 Å². The molecule has 0 bridgehead atoms. The van der Waals surface area contributed by atoms with Crippen LogP contribution in [0.2, 0.25) is 0 Å². The average molecular weight is 300 g/mol. The molecule has 1 atom stereocenters. The lowest BCUT2D eigenvalue weighted by Gasteiger charge is -2.02. The summed E-state index contributed by atoms with van der Waals surface area (Å²) < 4.78 is 17.9. The van der Waals surface area contributed by atoms with Gasteiger partial charge in [-0.1, -0.05) is 44.2 Å². The molecule has 3 rings (SSSR count). The Morgan fingerprint density at radius 1 is 1.10 bits per heavy atom. The molecule has 0 saturated heterocycles. The maximum Gasteiger partial charge on any atom is 0.229 e. The third-order valence-corrected chi connectivity index (χ3v) is 4.50. The van der Waals surface area contributed by atoms with Crippen LogP contribution in [0.5, 0.6) is 0 Å². The summed E-state index contributed by atoms with van der Waals surface area (Å²) in [6, 6.07) is 13.8. The Balaban J connectivity index is 1.82. The number of rotatable bonds is 4. The summed E-state index contributed by atoms with van der Waals surface area (Å²) in [5, 5.41) is 10.1. The van der Waals surface area contributed by atoms with Crippen molar-refractivity contribution in [3.05, 3.63) is 54.2 Å². The molecule has 3 aromatic rings. The average Bonchev–Trinajstić information content (AvgIpc) is 2.95. The molecule has 0 fully saturated rings. The van der Waals surface area contributed by atoms with Crippen molar-refractivity contribution in [3.8, 4) is 0 Å². The van der Waals surface area contributed by atoms with Crippen molar-refractivity contribution >= 4 is 21.6 Å². The number of fused-ring (bicyclic) bond motifs is 1. The van der Waals surface area contributed by atoms with Gasteiger partial charge in [0.25, 0.3) is 0 Å². The van der Waals surface area contributed by atoms with Crippen molar-refractivity contribution in [2.45, 2.75) is 30.4 Å². The van der Waals surface area contributed by atoms with E-state index < -0.39 is 10.8 Å². The minimum Gasteiger partial charge on any atom is -0.424 e. The van der Waals surface area contributed by atoms with Crippen LogP contribution in [0.15, 0.2) is 51.8 Å². The molecule has 5 heteroatoms. The predicted octanol–water partition coefficient (Wildman–Crippen LogP) is 3.65. The molecule has 0 amide bonds. The summed E-state index contributed by atoms with van der Waals surface area (Å²) in [6.07, 6.45) is 0. The maximum absolute atomic E-state index is 12.4. The molecule has 0 aliphatic rings. The number of benzene rings is 2. The summed E-state index contributed by atoms with van der Waals surface area (Å²) in [5.74, 6) is 1.43. The van der Waals surface area contributed by atoms with Crippen LogP contribution in [0.3, 0.4) is 0 Å². The Morgan fingerprint density at radius 3 is 2.57 bits per heavy atom. The third kappa shape index (κ3) is 3.03. The van der Waals surface area contributed by atoms with E-state index in [0.29, 0.717) is 11.8 Å². The highest BCUT2D eigenvalue weighted by atomic mass is 32.2. The summed E-state index contributed by atoms with van der Waals surface area (Å²) >= 11 is 0. The van der Waals surface area contributed by atoms with E-state index in [9.17, 15) is 4.21 Å². The highest BCUT2D eigenvalue weighted by molar-refractivity contribution is 7.84. The lowest BCUT2D eigenvalue weighted by molar-refractivity contribution is 0.444. The summed E-state index contributed by atoms with van der Waals surface area (Å²) in [4.78, 5) is 0.776. The summed E-state index contributed by atoms with van der Waals surface area (Å²) in [5.41, 5.74) is 0. The van der Waals surface area contributed by atoms with E-state index >= 15 is 0 Å². The fraction of sp³-hybridized carbons (Fsp3) is 0.250. The van der Waals surface area contributed by atoms with E-state index in [1.54, 1.807) is 0 Å². The fourth-order valence-corrected chi connectivity index (χ4v) is 3.05. The predicted molar refractivity (Wildman–Crippen MR) is 82.4 cm³/mol. The minimum atomic E-state index is -1.19. The van der Waals surface area contributed by atoms with Crippen LogP contribution in [0.1, 0.15) is 31.5 Å². The zero-order valence-electron chi connectivity index (χ0n) is 11.9. The Kier molecular flexibility index (Phi) is 3.84. The smallest absolute Gasteiger partial charge is 0.229 e. The van der Waals surface area contributed by atoms with Gasteiger partial charge in [0.15, 0.2) is 0 Å². The van der Waals surface area contributed by atoms with Crippen molar-refractivity contribution in [2.75, 3.05) is 0 Å². The first kappa shape index (κ1) is 13.9. The fourth-order valence-electron chi connectivity index (χ4n) is 2.06. The van der Waals surface area contributed by atoms with Gasteiger partial charge in [0.1, 0.15) is 5.75 Å². The maximum atomic E-state index is 12.4. The highest BCUT2D eigenvalue weighted by Gasteiger charge is 2.13. The topological polar surface area (TPSA) is 56.0 Å². The van der Waals surface area contributed by atoms with Gasteiger partial charge in [0, 0.05) is 10.8 Å². The van der Waals surface area contributed by atoms with E-state index in [2.05, 4.69) is 10.2 Å². The second kappa shape index (κ2) is 5.77. The van der Waals surface area contributed by atoms with Gasteiger partial charge < -0.3 is 4.42 Å². The molecule has 0 spiro atoms. The first-order chi connectivity index (χ1) is 10.1. The van der Waals surface area contributed by atoms with Crippen molar-refractivity contribution in [3.63, 3.8) is 0 Å². The van der Waals surface area contributed by atoms with Crippen molar-refractivity contribution < 1.29 is 8.63 Å². The number of nitrogens with zero attached hydrogens (tertiary/aromatic N) is 2. The minimum absolute atomic E-state index is 0.181. The van der Waals surface area contributed by atoms with E-state index in [-0.39, 0.29) is 11.7 Å². The van der Waals surface area contributed by atoms with Gasteiger partial charge in [0.05, 0.1) is 10.8 Å². The van der Waals surface area contributed by atoms with Crippen LogP contribution in [-0.2, 0) is 16.6 Å². The SMILES string of the molecule is CC(C)c1nnc(C[S@@](=O)c2ccc3ccccc3c2)o1. The monoisotopic (exact) mass is 300 g/mol. The number of aromatic nitrogens is 2. The van der Waals surface area contributed by atoms with E-state index in [0.717, 1.165) is 15.7 Å². The Labute approximate surface area is 125 Å². The molecule has 0 aliphatic heterocycles. The van der Waals surface area contributed by atoms with E-state index in [1.807, 2.05) is 56.3 Å². The molecule has 0 saturated carbocycles. The molecule has 4 nitrogen and oxygen atoms in total. The van der Waals surface area contributed by atoms with Gasteiger partial charge in [-0.05, 0) is 22.9 Å². The molecule has 0 aliphatic carbocycles. The number of hydrogen-bond acceptors (Lipinski definition) is 4. The van der Waals surface area contributed by atoms with Crippen molar-refractivity contribution in [1.82, 2.24) is 10.2 Å². The van der Waals surface area contributed by atoms with Crippen molar-refractivity contribution in [1.29, 1.82) is 0 Å². The largest absolute Gasteiger partial charge is 0.424 e.